The number of fused-ring (bicyclic) bond motifs is 1. The molecule has 7 heteroatoms. The van der Waals surface area contributed by atoms with Crippen LogP contribution in [0, 0.1) is 5.92 Å². The number of aliphatic hydroxyl groups is 1. The van der Waals surface area contributed by atoms with Crippen LogP contribution in [0.5, 0.6) is 0 Å². The van der Waals surface area contributed by atoms with Crippen LogP contribution in [0.3, 0.4) is 0 Å². The predicted molar refractivity (Wildman–Crippen MR) is 73.6 cm³/mol. The number of aliphatic hydroxyl groups excluding tert-OH is 1. The number of sulfonamides is 1. The first-order valence-corrected chi connectivity index (χ1v) is 8.44. The minimum atomic E-state index is -3.58. The number of imidazole rings is 1. The number of aryl methyl sites for hydroxylation is 2. The maximum absolute atomic E-state index is 12.3. The van der Waals surface area contributed by atoms with Crippen molar-refractivity contribution in [1.82, 2.24) is 14.3 Å². The molecular formula is C13H19N3O3S. The van der Waals surface area contributed by atoms with E-state index in [9.17, 15) is 8.42 Å². The highest BCUT2D eigenvalue weighted by molar-refractivity contribution is 7.89. The summed E-state index contributed by atoms with van der Waals surface area (Å²) in [7, 11) is -3.58. The van der Waals surface area contributed by atoms with Crippen LogP contribution in [0.15, 0.2) is 23.4 Å². The van der Waals surface area contributed by atoms with Gasteiger partial charge in [0.25, 0.3) is 10.0 Å². The molecule has 2 N–H and O–H groups in total. The Morgan fingerprint density at radius 1 is 1.40 bits per heavy atom. The number of hydrogen-bond donors (Lipinski definition) is 2. The highest BCUT2D eigenvalue weighted by atomic mass is 32.2. The van der Waals surface area contributed by atoms with Gasteiger partial charge in [-0.05, 0) is 19.3 Å². The summed E-state index contributed by atoms with van der Waals surface area (Å²) in [5.74, 6) is 0.893. The second-order valence-electron chi connectivity index (χ2n) is 5.44. The van der Waals surface area contributed by atoms with Gasteiger partial charge < -0.3 is 9.67 Å². The molecule has 2 heterocycles. The topological polar surface area (TPSA) is 84.2 Å². The van der Waals surface area contributed by atoms with Gasteiger partial charge in [-0.15, -0.1) is 0 Å². The predicted octanol–water partition coefficient (Wildman–Crippen LogP) is 0.435. The van der Waals surface area contributed by atoms with Crippen molar-refractivity contribution in [3.63, 3.8) is 0 Å². The summed E-state index contributed by atoms with van der Waals surface area (Å²) in [6.45, 7) is 0.890. The van der Waals surface area contributed by atoms with E-state index in [4.69, 9.17) is 5.11 Å². The maximum atomic E-state index is 12.3. The molecule has 0 aromatic carbocycles. The third kappa shape index (κ3) is 2.65. The molecule has 1 aliphatic heterocycles. The van der Waals surface area contributed by atoms with Crippen LogP contribution in [-0.2, 0) is 23.0 Å². The lowest BCUT2D eigenvalue weighted by atomic mass is 10.1. The molecule has 0 saturated carbocycles. The molecule has 0 radical (unpaired) electrons. The van der Waals surface area contributed by atoms with Crippen molar-refractivity contribution in [2.45, 2.75) is 43.3 Å². The van der Waals surface area contributed by atoms with E-state index in [2.05, 4.69) is 9.71 Å². The summed E-state index contributed by atoms with van der Waals surface area (Å²) in [5, 5.41) is 9.17. The summed E-state index contributed by atoms with van der Waals surface area (Å²) < 4.78 is 29.2. The summed E-state index contributed by atoms with van der Waals surface area (Å²) in [6.07, 6.45) is 8.85. The minimum Gasteiger partial charge on any atom is -0.396 e. The van der Waals surface area contributed by atoms with Crippen molar-refractivity contribution in [1.29, 1.82) is 0 Å². The standard InChI is InChI=1S/C13H19N3O3S/c17-9-10-4-5-11(7-10)15-20(18,19)13-8-16-6-2-1-3-12(16)14-13/h4-5,8,10-11,15,17H,1-3,6-7,9H2/t10-,11+/m0/s1. The van der Waals surface area contributed by atoms with E-state index in [-0.39, 0.29) is 23.6 Å². The van der Waals surface area contributed by atoms with Crippen molar-refractivity contribution < 1.29 is 13.5 Å². The molecule has 0 spiro atoms. The van der Waals surface area contributed by atoms with Crippen LogP contribution in [0.25, 0.3) is 0 Å². The Bertz CT molecular complexity index is 597. The molecule has 3 rings (SSSR count). The number of hydrogen-bond acceptors (Lipinski definition) is 4. The van der Waals surface area contributed by atoms with Crippen LogP contribution < -0.4 is 4.72 Å². The average Bonchev–Trinajstić information content (AvgIpc) is 3.04. The van der Waals surface area contributed by atoms with E-state index in [0.717, 1.165) is 31.6 Å². The molecule has 110 valence electrons. The second kappa shape index (κ2) is 5.31. The SMILES string of the molecule is O=S(=O)(N[C@@H]1C=C[C@H](CO)C1)c1cn2c(n1)CCCC2. The van der Waals surface area contributed by atoms with Gasteiger partial charge in [0.05, 0.1) is 0 Å². The van der Waals surface area contributed by atoms with E-state index in [1.165, 1.54) is 0 Å². The largest absolute Gasteiger partial charge is 0.396 e. The molecule has 0 fully saturated rings. The second-order valence-corrected chi connectivity index (χ2v) is 7.10. The fourth-order valence-electron chi connectivity index (χ4n) is 2.77. The number of nitrogens with one attached hydrogen (secondary N) is 1. The van der Waals surface area contributed by atoms with Gasteiger partial charge in [-0.1, -0.05) is 12.2 Å². The van der Waals surface area contributed by atoms with Gasteiger partial charge in [0.15, 0.2) is 5.03 Å². The first kappa shape index (κ1) is 13.8. The highest BCUT2D eigenvalue weighted by Gasteiger charge is 2.27. The Morgan fingerprint density at radius 3 is 2.95 bits per heavy atom. The molecule has 1 aromatic rings. The number of rotatable bonds is 4. The molecule has 20 heavy (non-hydrogen) atoms. The molecule has 0 unspecified atom stereocenters. The summed E-state index contributed by atoms with van der Waals surface area (Å²) in [4.78, 5) is 4.24. The molecular weight excluding hydrogens is 278 g/mol. The van der Waals surface area contributed by atoms with Gasteiger partial charge in [-0.25, -0.2) is 18.1 Å². The van der Waals surface area contributed by atoms with Crippen molar-refractivity contribution in [3.8, 4) is 0 Å². The lowest BCUT2D eigenvalue weighted by Crippen LogP contribution is -2.33. The van der Waals surface area contributed by atoms with Gasteiger partial charge in [0.2, 0.25) is 0 Å². The molecule has 0 saturated heterocycles. The number of aromatic nitrogens is 2. The van der Waals surface area contributed by atoms with E-state index in [1.807, 2.05) is 10.6 Å². The zero-order valence-corrected chi connectivity index (χ0v) is 12.0. The molecule has 1 aliphatic carbocycles. The van der Waals surface area contributed by atoms with Crippen LogP contribution in [-0.4, -0.2) is 35.7 Å². The Kier molecular flexibility index (Phi) is 3.66. The van der Waals surface area contributed by atoms with Crippen LogP contribution in [0.2, 0.25) is 0 Å². The Morgan fingerprint density at radius 2 is 2.25 bits per heavy atom. The van der Waals surface area contributed by atoms with E-state index < -0.39 is 10.0 Å². The third-order valence-electron chi connectivity index (χ3n) is 3.88. The number of nitrogens with zero attached hydrogens (tertiary/aromatic N) is 2. The molecule has 2 atom stereocenters. The fourth-order valence-corrected chi connectivity index (χ4v) is 3.96. The normalized spacial score (nSPS) is 25.9. The van der Waals surface area contributed by atoms with Crippen LogP contribution in [0.1, 0.15) is 25.1 Å². The molecule has 6 nitrogen and oxygen atoms in total. The quantitative estimate of drug-likeness (QED) is 0.790. The molecule has 0 bridgehead atoms. The van der Waals surface area contributed by atoms with Crippen LogP contribution in [0.4, 0.5) is 0 Å². The first-order valence-electron chi connectivity index (χ1n) is 6.96. The fraction of sp³-hybridized carbons (Fsp3) is 0.615. The van der Waals surface area contributed by atoms with Gasteiger partial charge in [0.1, 0.15) is 5.82 Å². The third-order valence-corrected chi connectivity index (χ3v) is 5.24. The van der Waals surface area contributed by atoms with Crippen molar-refractivity contribution in [2.75, 3.05) is 6.61 Å². The maximum Gasteiger partial charge on any atom is 0.260 e. The first-order chi connectivity index (χ1) is 9.58. The monoisotopic (exact) mass is 297 g/mol. The zero-order valence-electron chi connectivity index (χ0n) is 11.2. The Labute approximate surface area is 118 Å². The van der Waals surface area contributed by atoms with Gasteiger partial charge in [-0.2, -0.15) is 0 Å². The average molecular weight is 297 g/mol. The Balaban J connectivity index is 1.75. The summed E-state index contributed by atoms with van der Waals surface area (Å²) in [6, 6.07) is -0.254. The minimum absolute atomic E-state index is 0.0397. The molecule has 2 aliphatic rings. The smallest absolute Gasteiger partial charge is 0.260 e. The highest BCUT2D eigenvalue weighted by Crippen LogP contribution is 2.21. The lowest BCUT2D eigenvalue weighted by Gasteiger charge is -2.11. The molecule has 0 amide bonds. The van der Waals surface area contributed by atoms with E-state index >= 15 is 0 Å². The van der Waals surface area contributed by atoms with E-state index in [1.54, 1.807) is 12.3 Å². The van der Waals surface area contributed by atoms with Gasteiger partial charge in [-0.3, -0.25) is 0 Å². The summed E-state index contributed by atoms with van der Waals surface area (Å²) >= 11 is 0. The van der Waals surface area contributed by atoms with Crippen molar-refractivity contribution in [2.24, 2.45) is 5.92 Å². The van der Waals surface area contributed by atoms with Crippen molar-refractivity contribution in [3.05, 3.63) is 24.2 Å². The van der Waals surface area contributed by atoms with Crippen LogP contribution >= 0.6 is 0 Å². The van der Waals surface area contributed by atoms with Gasteiger partial charge in [0, 0.05) is 37.7 Å². The molecule has 1 aromatic heterocycles. The van der Waals surface area contributed by atoms with E-state index in [0.29, 0.717) is 6.42 Å². The van der Waals surface area contributed by atoms with Crippen molar-refractivity contribution >= 4 is 10.0 Å². The zero-order chi connectivity index (χ0) is 14.2. The van der Waals surface area contributed by atoms with Gasteiger partial charge >= 0.3 is 0 Å². The lowest BCUT2D eigenvalue weighted by molar-refractivity contribution is 0.248. The Hall–Kier alpha value is -1.18. The summed E-state index contributed by atoms with van der Waals surface area (Å²) in [5.41, 5.74) is 0.